The van der Waals surface area contributed by atoms with E-state index in [4.69, 9.17) is 0 Å². The van der Waals surface area contributed by atoms with Crippen molar-refractivity contribution in [1.82, 2.24) is 0 Å². The lowest BCUT2D eigenvalue weighted by molar-refractivity contribution is 1.26. The molecule has 0 bridgehead atoms. The molecule has 1 heteroatoms. The number of fused-ring (bicyclic) bond motifs is 3. The Hall–Kier alpha value is -1.86. The average molecular weight is 321 g/mol. The van der Waals surface area contributed by atoms with E-state index in [2.05, 4.69) is 82.7 Å². The van der Waals surface area contributed by atoms with Gasteiger partial charge >= 0.3 is 0 Å². The second-order valence-electron chi connectivity index (χ2n) is 5.18. The van der Waals surface area contributed by atoms with Crippen molar-refractivity contribution >= 4 is 15.9 Å². The van der Waals surface area contributed by atoms with Crippen molar-refractivity contribution in [3.05, 3.63) is 82.3 Å². The molecule has 0 heterocycles. The Labute approximate surface area is 127 Å². The van der Waals surface area contributed by atoms with Crippen molar-refractivity contribution in [2.75, 3.05) is 0 Å². The molecule has 0 unspecified atom stereocenters. The lowest BCUT2D eigenvalue weighted by Crippen LogP contribution is -1.85. The Bertz CT molecular complexity index is 802. The smallest absolute Gasteiger partial charge is 0.0181 e. The Balaban J connectivity index is 2.00. The third-order valence-electron chi connectivity index (χ3n) is 3.95. The summed E-state index contributed by atoms with van der Waals surface area (Å²) in [5, 5.41) is 0. The zero-order chi connectivity index (χ0) is 13.5. The van der Waals surface area contributed by atoms with E-state index in [1.54, 1.807) is 0 Å². The van der Waals surface area contributed by atoms with Crippen molar-refractivity contribution in [3.63, 3.8) is 0 Å². The van der Waals surface area contributed by atoms with Gasteiger partial charge in [-0.2, -0.15) is 0 Å². The SMILES string of the molecule is Brc1cccc(-c2cccc3c2-c2ccccc2C3)c1. The van der Waals surface area contributed by atoms with Crippen LogP contribution in [0.5, 0.6) is 0 Å². The second-order valence-corrected chi connectivity index (χ2v) is 6.10. The first-order chi connectivity index (χ1) is 9.83. The molecule has 0 atom stereocenters. The van der Waals surface area contributed by atoms with Crippen LogP contribution in [0, 0.1) is 0 Å². The van der Waals surface area contributed by atoms with Gasteiger partial charge in [-0.25, -0.2) is 0 Å². The Morgan fingerprint density at radius 3 is 2.35 bits per heavy atom. The summed E-state index contributed by atoms with van der Waals surface area (Å²) in [6.45, 7) is 0. The van der Waals surface area contributed by atoms with E-state index < -0.39 is 0 Å². The fourth-order valence-corrected chi connectivity index (χ4v) is 3.48. The summed E-state index contributed by atoms with van der Waals surface area (Å²) in [5.74, 6) is 0. The van der Waals surface area contributed by atoms with Gasteiger partial charge < -0.3 is 0 Å². The zero-order valence-electron chi connectivity index (χ0n) is 10.9. The summed E-state index contributed by atoms with van der Waals surface area (Å²) >= 11 is 3.57. The van der Waals surface area contributed by atoms with Crippen molar-refractivity contribution in [2.45, 2.75) is 6.42 Å². The molecule has 0 aliphatic heterocycles. The molecule has 0 amide bonds. The minimum Gasteiger partial charge on any atom is -0.0619 e. The Morgan fingerprint density at radius 2 is 1.45 bits per heavy atom. The van der Waals surface area contributed by atoms with Crippen LogP contribution in [0.15, 0.2) is 71.2 Å². The van der Waals surface area contributed by atoms with Crippen LogP contribution in [0.1, 0.15) is 11.1 Å². The monoisotopic (exact) mass is 320 g/mol. The van der Waals surface area contributed by atoms with E-state index in [0.717, 1.165) is 10.9 Å². The number of hydrogen-bond donors (Lipinski definition) is 0. The van der Waals surface area contributed by atoms with E-state index in [1.165, 1.54) is 33.4 Å². The molecule has 4 rings (SSSR count). The molecule has 3 aromatic rings. The molecule has 3 aromatic carbocycles. The summed E-state index contributed by atoms with van der Waals surface area (Å²) in [6, 6.07) is 23.9. The van der Waals surface area contributed by atoms with Crippen LogP contribution in [0.2, 0.25) is 0 Å². The minimum absolute atomic E-state index is 1.05. The highest BCUT2D eigenvalue weighted by molar-refractivity contribution is 9.10. The highest BCUT2D eigenvalue weighted by Gasteiger charge is 2.21. The first-order valence-corrected chi connectivity index (χ1v) is 7.58. The summed E-state index contributed by atoms with van der Waals surface area (Å²) in [7, 11) is 0. The van der Waals surface area contributed by atoms with Gasteiger partial charge in [-0.1, -0.05) is 70.5 Å². The van der Waals surface area contributed by atoms with Gasteiger partial charge in [0.15, 0.2) is 0 Å². The summed E-state index contributed by atoms with van der Waals surface area (Å²) < 4.78 is 1.12. The summed E-state index contributed by atoms with van der Waals surface area (Å²) in [6.07, 6.45) is 1.05. The van der Waals surface area contributed by atoms with E-state index in [1.807, 2.05) is 0 Å². The quantitative estimate of drug-likeness (QED) is 0.423. The van der Waals surface area contributed by atoms with Crippen LogP contribution in [0.4, 0.5) is 0 Å². The molecule has 96 valence electrons. The maximum Gasteiger partial charge on any atom is 0.0181 e. The molecular formula is C19H13Br. The lowest BCUT2D eigenvalue weighted by atomic mass is 9.94. The van der Waals surface area contributed by atoms with E-state index in [0.29, 0.717) is 0 Å². The maximum absolute atomic E-state index is 3.57. The molecule has 20 heavy (non-hydrogen) atoms. The van der Waals surface area contributed by atoms with Crippen LogP contribution < -0.4 is 0 Å². The van der Waals surface area contributed by atoms with Crippen molar-refractivity contribution < 1.29 is 0 Å². The van der Waals surface area contributed by atoms with Crippen LogP contribution in [0.25, 0.3) is 22.3 Å². The van der Waals surface area contributed by atoms with E-state index in [-0.39, 0.29) is 0 Å². The van der Waals surface area contributed by atoms with Gasteiger partial charge in [-0.05, 0) is 51.9 Å². The Morgan fingerprint density at radius 1 is 0.700 bits per heavy atom. The Kier molecular flexibility index (Phi) is 2.75. The minimum atomic E-state index is 1.05. The normalized spacial score (nSPS) is 12.1. The van der Waals surface area contributed by atoms with Crippen molar-refractivity contribution in [3.8, 4) is 22.3 Å². The van der Waals surface area contributed by atoms with Gasteiger partial charge in [0.05, 0.1) is 0 Å². The van der Waals surface area contributed by atoms with Crippen LogP contribution in [0.3, 0.4) is 0 Å². The molecule has 0 nitrogen and oxygen atoms in total. The molecule has 1 aliphatic carbocycles. The van der Waals surface area contributed by atoms with Crippen LogP contribution >= 0.6 is 15.9 Å². The third-order valence-corrected chi connectivity index (χ3v) is 4.45. The van der Waals surface area contributed by atoms with Gasteiger partial charge in [-0.3, -0.25) is 0 Å². The number of benzene rings is 3. The molecule has 0 spiro atoms. The standard InChI is InChI=1S/C19H13Br/c20-16-8-3-6-14(12-16)18-10-4-7-15-11-13-5-1-2-9-17(13)19(15)18/h1-10,12H,11H2. The second kappa shape index (κ2) is 4.60. The van der Waals surface area contributed by atoms with E-state index in [9.17, 15) is 0 Å². The average Bonchev–Trinajstić information content (AvgIpc) is 2.85. The molecule has 0 N–H and O–H groups in total. The topological polar surface area (TPSA) is 0 Å². The van der Waals surface area contributed by atoms with E-state index >= 15 is 0 Å². The predicted molar refractivity (Wildman–Crippen MR) is 87.8 cm³/mol. The zero-order valence-corrected chi connectivity index (χ0v) is 12.5. The number of halogens is 1. The molecule has 0 aromatic heterocycles. The number of hydrogen-bond acceptors (Lipinski definition) is 0. The third kappa shape index (κ3) is 1.82. The molecular weight excluding hydrogens is 308 g/mol. The molecule has 0 saturated heterocycles. The maximum atomic E-state index is 3.57. The van der Waals surface area contributed by atoms with Gasteiger partial charge in [0.1, 0.15) is 0 Å². The van der Waals surface area contributed by atoms with Crippen LogP contribution in [-0.4, -0.2) is 0 Å². The fourth-order valence-electron chi connectivity index (χ4n) is 3.09. The summed E-state index contributed by atoms with van der Waals surface area (Å²) in [5.41, 5.74) is 8.26. The van der Waals surface area contributed by atoms with Gasteiger partial charge in [0.2, 0.25) is 0 Å². The largest absolute Gasteiger partial charge is 0.0619 e. The lowest BCUT2D eigenvalue weighted by Gasteiger charge is -2.10. The highest BCUT2D eigenvalue weighted by atomic mass is 79.9. The number of rotatable bonds is 1. The summed E-state index contributed by atoms with van der Waals surface area (Å²) in [4.78, 5) is 0. The first kappa shape index (κ1) is 11.9. The van der Waals surface area contributed by atoms with Gasteiger partial charge in [0, 0.05) is 4.47 Å². The highest BCUT2D eigenvalue weighted by Crippen LogP contribution is 2.42. The molecule has 0 radical (unpaired) electrons. The van der Waals surface area contributed by atoms with Crippen molar-refractivity contribution in [2.24, 2.45) is 0 Å². The fraction of sp³-hybridized carbons (Fsp3) is 0.0526. The first-order valence-electron chi connectivity index (χ1n) is 6.79. The predicted octanol–water partition coefficient (Wildman–Crippen LogP) is 5.69. The van der Waals surface area contributed by atoms with Crippen LogP contribution in [-0.2, 0) is 6.42 Å². The molecule has 0 fully saturated rings. The van der Waals surface area contributed by atoms with Gasteiger partial charge in [-0.15, -0.1) is 0 Å². The molecule has 1 aliphatic rings. The van der Waals surface area contributed by atoms with Gasteiger partial charge in [0.25, 0.3) is 0 Å². The molecule has 0 saturated carbocycles. The van der Waals surface area contributed by atoms with Crippen molar-refractivity contribution in [1.29, 1.82) is 0 Å².